The minimum Gasteiger partial charge on any atom is -0.326 e. The van der Waals surface area contributed by atoms with E-state index in [4.69, 9.17) is 9.79 Å². The third-order valence-corrected chi connectivity index (χ3v) is 6.61. The van der Waals surface area contributed by atoms with Crippen molar-refractivity contribution in [2.24, 2.45) is 0 Å². The van der Waals surface area contributed by atoms with Crippen molar-refractivity contribution >= 4 is 48.3 Å². The maximum Gasteiger partial charge on any atom is 0.471 e. The number of anilines is 2. The van der Waals surface area contributed by atoms with Gasteiger partial charge in [0.2, 0.25) is 5.91 Å². The first kappa shape index (κ1) is 28.1. The van der Waals surface area contributed by atoms with Gasteiger partial charge in [0.25, 0.3) is 0 Å². The minimum atomic E-state index is -4.93. The summed E-state index contributed by atoms with van der Waals surface area (Å²) < 4.78 is 28.9. The zero-order valence-corrected chi connectivity index (χ0v) is 21.5. The predicted molar refractivity (Wildman–Crippen MR) is 135 cm³/mol. The fourth-order valence-corrected chi connectivity index (χ4v) is 4.53. The van der Waals surface area contributed by atoms with Gasteiger partial charge in [-0.3, -0.25) is 18.9 Å². The second kappa shape index (κ2) is 12.2. The Bertz CT molecular complexity index is 1340. The maximum absolute atomic E-state index is 13.2. The Morgan fingerprint density at radius 1 is 1.11 bits per heavy atom. The van der Waals surface area contributed by atoms with E-state index in [9.17, 15) is 23.3 Å². The van der Waals surface area contributed by atoms with Gasteiger partial charge in [-0.1, -0.05) is 6.07 Å². The summed E-state index contributed by atoms with van der Waals surface area (Å²) in [5, 5.41) is 5.59. The van der Waals surface area contributed by atoms with Crippen LogP contribution >= 0.6 is 19.2 Å². The van der Waals surface area contributed by atoms with E-state index in [0.29, 0.717) is 22.0 Å². The van der Waals surface area contributed by atoms with E-state index in [-0.39, 0.29) is 30.4 Å². The highest BCUT2D eigenvalue weighted by Crippen LogP contribution is 2.36. The molecule has 3 aromatic rings. The third kappa shape index (κ3) is 8.55. The average Bonchev–Trinajstić information content (AvgIpc) is 3.18. The summed E-state index contributed by atoms with van der Waals surface area (Å²) >= 11 is 1.31. The smallest absolute Gasteiger partial charge is 0.326 e. The Labute approximate surface area is 215 Å². The van der Waals surface area contributed by atoms with Crippen LogP contribution in [-0.2, 0) is 29.9 Å². The zero-order valence-electron chi connectivity index (χ0n) is 19.8. The lowest BCUT2D eigenvalue weighted by molar-refractivity contribution is -0.145. The molecule has 0 aliphatic carbocycles. The first-order valence-electron chi connectivity index (χ1n) is 10.8. The van der Waals surface area contributed by atoms with Crippen molar-refractivity contribution in [1.82, 2.24) is 9.88 Å². The van der Waals surface area contributed by atoms with Crippen LogP contribution in [0.3, 0.4) is 0 Å². The van der Waals surface area contributed by atoms with Gasteiger partial charge in [-0.25, -0.2) is 13.9 Å². The van der Waals surface area contributed by atoms with Gasteiger partial charge in [-0.05, 0) is 49.4 Å². The fourth-order valence-electron chi connectivity index (χ4n) is 3.19. The minimum absolute atomic E-state index is 0.107. The molecule has 1 aromatic heterocycles. The lowest BCUT2D eigenvalue weighted by Crippen LogP contribution is -2.42. The maximum atomic E-state index is 13.2. The van der Waals surface area contributed by atoms with E-state index in [1.54, 1.807) is 31.2 Å². The number of carbonyl (C=O) groups excluding carboxylic acids is 3. The highest BCUT2D eigenvalue weighted by atomic mass is 32.1. The van der Waals surface area contributed by atoms with Crippen molar-refractivity contribution in [2.75, 3.05) is 23.9 Å². The Kier molecular flexibility index (Phi) is 9.24. The second-order valence-corrected chi connectivity index (χ2v) is 10.1. The average molecular weight is 551 g/mol. The first-order valence-corrected chi connectivity index (χ1v) is 13.2. The van der Waals surface area contributed by atoms with Crippen molar-refractivity contribution in [2.45, 2.75) is 20.3 Å². The molecule has 37 heavy (non-hydrogen) atoms. The van der Waals surface area contributed by atoms with Crippen LogP contribution in [0.5, 0.6) is 0 Å². The van der Waals surface area contributed by atoms with Crippen LogP contribution in [0.2, 0.25) is 0 Å². The van der Waals surface area contributed by atoms with Crippen molar-refractivity contribution < 1.29 is 37.6 Å². The topological polar surface area (TPSA) is 158 Å². The standard InChI is InChI=1S/C23H24FN4O7PS/c1-14-20(37-22(25-14)16-6-8-17(24)9-7-16)10-11-28(13-35-36(32,33)34)23(31)21(30)27-19-5-3-4-18(12-19)26-15(2)29/h3-9,12H,10-11,13H2,1-2H3,(H,26,29)(H,27,30)(H2,32,33,34). The molecule has 11 nitrogen and oxygen atoms in total. The molecule has 0 aliphatic heterocycles. The second-order valence-electron chi connectivity index (χ2n) is 7.82. The number of phosphoric acid groups is 1. The molecule has 0 atom stereocenters. The Balaban J connectivity index is 1.73. The molecule has 0 saturated carbocycles. The number of hydrogen-bond acceptors (Lipinski definition) is 7. The number of hydrogen-bond donors (Lipinski definition) is 4. The van der Waals surface area contributed by atoms with Gasteiger partial charge in [-0.2, -0.15) is 0 Å². The molecule has 3 rings (SSSR count). The molecule has 0 unspecified atom stereocenters. The van der Waals surface area contributed by atoms with E-state index in [2.05, 4.69) is 20.1 Å². The largest absolute Gasteiger partial charge is 0.471 e. The number of aromatic nitrogens is 1. The molecule has 0 aliphatic rings. The molecular formula is C23H24FN4O7PS. The van der Waals surface area contributed by atoms with Crippen LogP contribution in [0.15, 0.2) is 48.5 Å². The van der Waals surface area contributed by atoms with Crippen LogP contribution in [-0.4, -0.2) is 50.7 Å². The summed E-state index contributed by atoms with van der Waals surface area (Å²) in [5.74, 6) is -2.85. The van der Waals surface area contributed by atoms with Crippen LogP contribution < -0.4 is 10.6 Å². The van der Waals surface area contributed by atoms with Crippen molar-refractivity contribution in [3.05, 3.63) is 64.9 Å². The molecular weight excluding hydrogens is 526 g/mol. The number of benzene rings is 2. The van der Waals surface area contributed by atoms with Crippen molar-refractivity contribution in [1.29, 1.82) is 0 Å². The number of nitrogens with one attached hydrogen (secondary N) is 2. The lowest BCUT2D eigenvalue weighted by atomic mass is 10.2. The van der Waals surface area contributed by atoms with Crippen LogP contribution in [0.25, 0.3) is 10.6 Å². The third-order valence-electron chi connectivity index (χ3n) is 4.90. The number of halogens is 1. The summed E-state index contributed by atoms with van der Waals surface area (Å²) in [4.78, 5) is 61.0. The summed E-state index contributed by atoms with van der Waals surface area (Å²) in [7, 11) is -4.93. The van der Waals surface area contributed by atoms with Gasteiger partial charge >= 0.3 is 19.6 Å². The monoisotopic (exact) mass is 550 g/mol. The Morgan fingerprint density at radius 2 is 1.76 bits per heavy atom. The van der Waals surface area contributed by atoms with Gasteiger partial charge in [0.15, 0.2) is 0 Å². The quantitative estimate of drug-likeness (QED) is 0.180. The molecule has 0 spiro atoms. The number of nitrogens with zero attached hydrogens (tertiary/aromatic N) is 2. The van der Waals surface area contributed by atoms with E-state index in [1.807, 2.05) is 0 Å². The SMILES string of the molecule is CC(=O)Nc1cccc(NC(=O)C(=O)N(CCc2sc(-c3ccc(F)cc3)nc2C)COP(=O)(O)O)c1. The number of phosphoric ester groups is 1. The molecule has 4 N–H and O–H groups in total. The Morgan fingerprint density at radius 3 is 2.38 bits per heavy atom. The fraction of sp³-hybridized carbons (Fsp3) is 0.217. The predicted octanol–water partition coefficient (Wildman–Crippen LogP) is 3.29. The van der Waals surface area contributed by atoms with Crippen LogP contribution in [0.4, 0.5) is 15.8 Å². The first-order chi connectivity index (χ1) is 17.4. The molecule has 1 heterocycles. The molecule has 0 saturated heterocycles. The molecule has 0 bridgehead atoms. The van der Waals surface area contributed by atoms with E-state index in [0.717, 1.165) is 9.78 Å². The number of rotatable bonds is 9. The van der Waals surface area contributed by atoms with E-state index < -0.39 is 26.4 Å². The van der Waals surface area contributed by atoms with E-state index >= 15 is 0 Å². The van der Waals surface area contributed by atoms with Crippen LogP contribution in [0.1, 0.15) is 17.5 Å². The highest BCUT2D eigenvalue weighted by molar-refractivity contribution is 7.46. The highest BCUT2D eigenvalue weighted by Gasteiger charge is 2.26. The van der Waals surface area contributed by atoms with Crippen molar-refractivity contribution in [3.8, 4) is 10.6 Å². The normalized spacial score (nSPS) is 11.2. The number of aryl methyl sites for hydroxylation is 1. The van der Waals surface area contributed by atoms with Gasteiger partial charge < -0.3 is 25.3 Å². The summed E-state index contributed by atoms with van der Waals surface area (Å²) in [5.41, 5.74) is 1.99. The summed E-state index contributed by atoms with van der Waals surface area (Å²) in [6.45, 7) is 2.14. The van der Waals surface area contributed by atoms with Crippen molar-refractivity contribution in [3.63, 3.8) is 0 Å². The van der Waals surface area contributed by atoms with Gasteiger partial charge in [0.05, 0.1) is 5.69 Å². The number of carbonyl (C=O) groups is 3. The van der Waals surface area contributed by atoms with Gasteiger partial charge in [-0.15, -0.1) is 11.3 Å². The molecule has 2 aromatic carbocycles. The van der Waals surface area contributed by atoms with Crippen LogP contribution in [0, 0.1) is 12.7 Å². The molecule has 0 fully saturated rings. The van der Waals surface area contributed by atoms with Gasteiger partial charge in [0, 0.05) is 41.7 Å². The molecule has 3 amide bonds. The lowest BCUT2D eigenvalue weighted by Gasteiger charge is -2.22. The number of amides is 3. The van der Waals surface area contributed by atoms with E-state index in [1.165, 1.54) is 42.5 Å². The molecule has 196 valence electrons. The number of thiazole rings is 1. The summed E-state index contributed by atoms with van der Waals surface area (Å²) in [6.07, 6.45) is 0.215. The van der Waals surface area contributed by atoms with Gasteiger partial charge in [0.1, 0.15) is 17.6 Å². The Hall–Kier alpha value is -3.48. The zero-order chi connectivity index (χ0) is 27.2. The summed E-state index contributed by atoms with van der Waals surface area (Å²) in [6, 6.07) is 11.9. The molecule has 0 radical (unpaired) electrons. The molecule has 14 heteroatoms.